The molecule has 0 bridgehead atoms. The molecule has 1 aliphatic heterocycles. The lowest BCUT2D eigenvalue weighted by Crippen LogP contribution is -2.41. The van der Waals surface area contributed by atoms with E-state index < -0.39 is 0 Å². The highest BCUT2D eigenvalue weighted by Gasteiger charge is 2.24. The van der Waals surface area contributed by atoms with Crippen LogP contribution in [0.25, 0.3) is 0 Å². The standard InChI is InChI=1S/C16H23N3O2/c17-8-4-9-18-15-7-10-19(16(11-15)12-20)21-13-14-5-2-1-3-6-14/h1-3,5-6,15,18H,4,7-11,13,17H2. The second kappa shape index (κ2) is 8.60. The van der Waals surface area contributed by atoms with Gasteiger partial charge in [0.2, 0.25) is 0 Å². The van der Waals surface area contributed by atoms with Gasteiger partial charge in [0.1, 0.15) is 11.6 Å². The number of hydroxylamine groups is 2. The van der Waals surface area contributed by atoms with Gasteiger partial charge in [0.15, 0.2) is 0 Å². The molecule has 5 heteroatoms. The van der Waals surface area contributed by atoms with Crippen LogP contribution in [0.2, 0.25) is 0 Å². The van der Waals surface area contributed by atoms with Gasteiger partial charge in [0, 0.05) is 19.0 Å². The van der Waals surface area contributed by atoms with Crippen molar-refractivity contribution in [1.82, 2.24) is 10.4 Å². The molecule has 0 radical (unpaired) electrons. The number of hydrogen-bond acceptors (Lipinski definition) is 5. The smallest absolute Gasteiger partial charge is 0.148 e. The quantitative estimate of drug-likeness (QED) is 0.584. The highest BCUT2D eigenvalue weighted by atomic mass is 16.7. The van der Waals surface area contributed by atoms with E-state index in [1.165, 1.54) is 0 Å². The van der Waals surface area contributed by atoms with Crippen molar-refractivity contribution >= 4 is 5.94 Å². The second-order valence-electron chi connectivity index (χ2n) is 5.20. The van der Waals surface area contributed by atoms with Crippen molar-refractivity contribution in [2.24, 2.45) is 5.73 Å². The van der Waals surface area contributed by atoms with Crippen LogP contribution in [0.4, 0.5) is 0 Å². The Hall–Kier alpha value is -1.65. The minimum absolute atomic E-state index is 0.310. The summed E-state index contributed by atoms with van der Waals surface area (Å²) in [5.74, 6) is 2.01. The van der Waals surface area contributed by atoms with Crippen LogP contribution in [0.15, 0.2) is 36.0 Å². The Kier molecular flexibility index (Phi) is 6.44. The van der Waals surface area contributed by atoms with E-state index in [4.69, 9.17) is 10.6 Å². The van der Waals surface area contributed by atoms with Gasteiger partial charge in [0.05, 0.1) is 6.61 Å². The molecule has 0 aliphatic carbocycles. The third-order valence-electron chi connectivity index (χ3n) is 3.58. The van der Waals surface area contributed by atoms with Gasteiger partial charge < -0.3 is 11.1 Å². The number of carbonyl (C=O) groups excluding carboxylic acids is 1. The van der Waals surface area contributed by atoms with Gasteiger partial charge in [-0.2, -0.15) is 0 Å². The number of rotatable bonds is 7. The summed E-state index contributed by atoms with van der Waals surface area (Å²) < 4.78 is 0. The van der Waals surface area contributed by atoms with Gasteiger partial charge in [-0.15, -0.1) is 0 Å². The normalized spacial score (nSPS) is 18.6. The van der Waals surface area contributed by atoms with Crippen molar-refractivity contribution in [1.29, 1.82) is 0 Å². The Morgan fingerprint density at radius 1 is 1.38 bits per heavy atom. The van der Waals surface area contributed by atoms with Crippen LogP contribution in [-0.4, -0.2) is 36.7 Å². The maximum absolute atomic E-state index is 11.1. The maximum atomic E-state index is 11.1. The molecule has 0 amide bonds. The molecule has 0 aromatic heterocycles. The molecule has 0 saturated carbocycles. The van der Waals surface area contributed by atoms with Gasteiger partial charge in [-0.3, -0.25) is 4.84 Å². The summed E-state index contributed by atoms with van der Waals surface area (Å²) in [6.45, 7) is 2.75. The van der Waals surface area contributed by atoms with Crippen molar-refractivity contribution in [3.63, 3.8) is 0 Å². The minimum Gasteiger partial charge on any atom is -0.330 e. The monoisotopic (exact) mass is 289 g/mol. The van der Waals surface area contributed by atoms with Gasteiger partial charge in [-0.05, 0) is 31.5 Å². The number of nitrogens with one attached hydrogen (secondary N) is 1. The molecular weight excluding hydrogens is 266 g/mol. The molecule has 21 heavy (non-hydrogen) atoms. The summed E-state index contributed by atoms with van der Waals surface area (Å²) in [7, 11) is 0. The second-order valence-corrected chi connectivity index (χ2v) is 5.20. The van der Waals surface area contributed by atoms with Crippen LogP contribution in [0.1, 0.15) is 24.8 Å². The molecular formula is C16H23N3O2. The predicted octanol–water partition coefficient (Wildman–Crippen LogP) is 1.24. The summed E-state index contributed by atoms with van der Waals surface area (Å²) in [6.07, 6.45) is 2.55. The molecule has 1 aromatic carbocycles. The third kappa shape index (κ3) is 4.99. The zero-order valence-electron chi connectivity index (χ0n) is 12.3. The number of hydrogen-bond donors (Lipinski definition) is 2. The lowest BCUT2D eigenvalue weighted by Gasteiger charge is -2.33. The summed E-state index contributed by atoms with van der Waals surface area (Å²) in [5.41, 5.74) is 7.15. The molecule has 2 rings (SSSR count). The summed E-state index contributed by atoms with van der Waals surface area (Å²) in [5, 5.41) is 5.10. The average Bonchev–Trinajstić information content (AvgIpc) is 2.54. The third-order valence-corrected chi connectivity index (χ3v) is 3.58. The molecule has 114 valence electrons. The van der Waals surface area contributed by atoms with Crippen molar-refractivity contribution < 1.29 is 9.63 Å². The van der Waals surface area contributed by atoms with E-state index in [0.717, 1.165) is 24.9 Å². The van der Waals surface area contributed by atoms with Crippen molar-refractivity contribution in [2.45, 2.75) is 31.9 Å². The van der Waals surface area contributed by atoms with E-state index in [9.17, 15) is 4.79 Å². The van der Waals surface area contributed by atoms with Crippen LogP contribution in [-0.2, 0) is 16.2 Å². The fourth-order valence-electron chi connectivity index (χ4n) is 2.39. The molecule has 1 aromatic rings. The fraction of sp³-hybridized carbons (Fsp3) is 0.500. The van der Waals surface area contributed by atoms with Gasteiger partial charge >= 0.3 is 0 Å². The van der Waals surface area contributed by atoms with E-state index in [-0.39, 0.29) is 0 Å². The zero-order chi connectivity index (χ0) is 14.9. The predicted molar refractivity (Wildman–Crippen MR) is 81.8 cm³/mol. The zero-order valence-corrected chi connectivity index (χ0v) is 12.3. The number of piperidine rings is 1. The first-order valence-corrected chi connectivity index (χ1v) is 7.45. The van der Waals surface area contributed by atoms with E-state index in [1.807, 2.05) is 36.3 Å². The first-order chi connectivity index (χ1) is 10.3. The van der Waals surface area contributed by atoms with Crippen LogP contribution < -0.4 is 11.1 Å². The van der Waals surface area contributed by atoms with Gasteiger partial charge in [-0.25, -0.2) is 9.86 Å². The highest BCUT2D eigenvalue weighted by Crippen LogP contribution is 2.20. The molecule has 3 N–H and O–H groups in total. The maximum Gasteiger partial charge on any atom is 0.148 e. The summed E-state index contributed by atoms with van der Waals surface area (Å²) >= 11 is 0. The lowest BCUT2D eigenvalue weighted by atomic mass is 10.0. The molecule has 0 spiro atoms. The first-order valence-electron chi connectivity index (χ1n) is 7.45. The molecule has 1 saturated heterocycles. The molecule has 1 fully saturated rings. The Labute approximate surface area is 125 Å². The molecule has 1 unspecified atom stereocenters. The van der Waals surface area contributed by atoms with Crippen LogP contribution in [0.5, 0.6) is 0 Å². The van der Waals surface area contributed by atoms with Crippen molar-refractivity contribution in [2.75, 3.05) is 19.6 Å². The van der Waals surface area contributed by atoms with Crippen molar-refractivity contribution in [3.05, 3.63) is 41.6 Å². The van der Waals surface area contributed by atoms with E-state index in [2.05, 4.69) is 5.32 Å². The fourth-order valence-corrected chi connectivity index (χ4v) is 2.39. The largest absolute Gasteiger partial charge is 0.330 e. The van der Waals surface area contributed by atoms with E-state index >= 15 is 0 Å². The Morgan fingerprint density at radius 2 is 2.19 bits per heavy atom. The Balaban J connectivity index is 1.81. The number of benzene rings is 1. The first kappa shape index (κ1) is 15.7. The minimum atomic E-state index is 0.310. The molecule has 1 heterocycles. The Morgan fingerprint density at radius 3 is 2.90 bits per heavy atom. The van der Waals surface area contributed by atoms with Gasteiger partial charge in [-0.1, -0.05) is 30.3 Å². The summed E-state index contributed by atoms with van der Waals surface area (Å²) in [4.78, 5) is 16.9. The molecule has 1 atom stereocenters. The van der Waals surface area contributed by atoms with E-state index in [0.29, 0.717) is 37.9 Å². The average molecular weight is 289 g/mol. The topological polar surface area (TPSA) is 67.6 Å². The van der Waals surface area contributed by atoms with Gasteiger partial charge in [0.25, 0.3) is 0 Å². The van der Waals surface area contributed by atoms with E-state index in [1.54, 1.807) is 5.06 Å². The number of nitrogens with zero attached hydrogens (tertiary/aromatic N) is 1. The van der Waals surface area contributed by atoms with Crippen LogP contribution in [0.3, 0.4) is 0 Å². The summed E-state index contributed by atoms with van der Waals surface area (Å²) in [6, 6.07) is 10.2. The number of nitrogens with two attached hydrogens (primary N) is 1. The highest BCUT2D eigenvalue weighted by molar-refractivity contribution is 5.51. The lowest BCUT2D eigenvalue weighted by molar-refractivity contribution is -0.152. The Bertz CT molecular complexity index is 472. The molecule has 5 nitrogen and oxygen atoms in total. The van der Waals surface area contributed by atoms with Crippen LogP contribution >= 0.6 is 0 Å². The van der Waals surface area contributed by atoms with Crippen LogP contribution in [0, 0.1) is 0 Å². The molecule has 1 aliphatic rings. The van der Waals surface area contributed by atoms with Crippen molar-refractivity contribution in [3.8, 4) is 0 Å². The SMILES string of the molecule is NCCCNC1CCN(OCc2ccccc2)C(=C=O)C1.